The van der Waals surface area contributed by atoms with Crippen LogP contribution >= 0.6 is 11.6 Å². The second-order valence-electron chi connectivity index (χ2n) is 6.59. The van der Waals surface area contributed by atoms with Crippen molar-refractivity contribution >= 4 is 11.6 Å². The number of aromatic nitrogens is 3. The lowest BCUT2D eigenvalue weighted by molar-refractivity contribution is 0.283. The number of aliphatic hydroxyl groups is 1. The zero-order chi connectivity index (χ0) is 19.8. The van der Waals surface area contributed by atoms with Crippen molar-refractivity contribution in [2.24, 2.45) is 0 Å². The van der Waals surface area contributed by atoms with Crippen molar-refractivity contribution in [3.05, 3.63) is 70.6 Å². The van der Waals surface area contributed by atoms with E-state index in [9.17, 15) is 4.39 Å². The molecule has 5 nitrogen and oxygen atoms in total. The van der Waals surface area contributed by atoms with Crippen molar-refractivity contribution < 1.29 is 9.50 Å². The summed E-state index contributed by atoms with van der Waals surface area (Å²) in [4.78, 5) is 1.60. The van der Waals surface area contributed by atoms with Crippen LogP contribution < -0.4 is 5.32 Å². The van der Waals surface area contributed by atoms with E-state index in [1.807, 2.05) is 30.3 Å². The maximum absolute atomic E-state index is 13.3. The average Bonchev–Trinajstić information content (AvgIpc) is 3.10. The van der Waals surface area contributed by atoms with E-state index >= 15 is 0 Å². The number of hydrogen-bond donors (Lipinski definition) is 2. The maximum atomic E-state index is 13.3. The van der Waals surface area contributed by atoms with Crippen LogP contribution in [0.3, 0.4) is 0 Å². The molecule has 0 fully saturated rings. The third kappa shape index (κ3) is 5.61. The van der Waals surface area contributed by atoms with Crippen LogP contribution in [0.4, 0.5) is 4.39 Å². The molecule has 2 aromatic carbocycles. The number of rotatable bonds is 10. The van der Waals surface area contributed by atoms with Crippen LogP contribution in [0.15, 0.2) is 48.5 Å². The minimum absolute atomic E-state index is 0.235. The van der Waals surface area contributed by atoms with Gasteiger partial charge < -0.3 is 10.4 Å². The van der Waals surface area contributed by atoms with E-state index in [0.717, 1.165) is 48.3 Å². The number of halogens is 2. The Morgan fingerprint density at radius 1 is 1.04 bits per heavy atom. The van der Waals surface area contributed by atoms with Crippen molar-refractivity contribution in [1.29, 1.82) is 0 Å². The summed E-state index contributed by atoms with van der Waals surface area (Å²) in [7, 11) is 0. The molecule has 0 aliphatic rings. The van der Waals surface area contributed by atoms with Gasteiger partial charge in [0.2, 0.25) is 0 Å². The lowest BCUT2D eigenvalue weighted by atomic mass is 10.1. The first-order chi connectivity index (χ1) is 13.7. The van der Waals surface area contributed by atoms with Crippen molar-refractivity contribution in [3.63, 3.8) is 0 Å². The Hall–Kier alpha value is -2.28. The first-order valence-corrected chi connectivity index (χ1v) is 9.80. The van der Waals surface area contributed by atoms with E-state index in [-0.39, 0.29) is 12.4 Å². The van der Waals surface area contributed by atoms with Gasteiger partial charge in [-0.25, -0.2) is 4.39 Å². The highest BCUT2D eigenvalue weighted by atomic mass is 35.5. The highest BCUT2D eigenvalue weighted by Crippen LogP contribution is 2.22. The van der Waals surface area contributed by atoms with E-state index in [1.54, 1.807) is 10.9 Å². The number of nitrogens with zero attached hydrogens (tertiary/aromatic N) is 3. The summed E-state index contributed by atoms with van der Waals surface area (Å²) in [6.07, 6.45) is 2.82. The van der Waals surface area contributed by atoms with Gasteiger partial charge in [0, 0.05) is 23.7 Å². The highest BCUT2D eigenvalue weighted by Gasteiger charge is 2.14. The second kappa shape index (κ2) is 10.3. The van der Waals surface area contributed by atoms with Crippen LogP contribution in [-0.4, -0.2) is 33.3 Å². The minimum Gasteiger partial charge on any atom is -0.396 e. The van der Waals surface area contributed by atoms with E-state index in [1.165, 1.54) is 12.1 Å². The number of unbranched alkanes of at least 4 members (excludes halogenated alkanes) is 2. The Morgan fingerprint density at radius 2 is 1.86 bits per heavy atom. The third-order valence-corrected chi connectivity index (χ3v) is 4.75. The summed E-state index contributed by atoms with van der Waals surface area (Å²) >= 11 is 6.15. The quantitative estimate of drug-likeness (QED) is 0.502. The van der Waals surface area contributed by atoms with E-state index in [4.69, 9.17) is 16.7 Å². The zero-order valence-corrected chi connectivity index (χ0v) is 16.4. The van der Waals surface area contributed by atoms with Gasteiger partial charge in [-0.15, -0.1) is 0 Å². The topological polar surface area (TPSA) is 63.0 Å². The Labute approximate surface area is 169 Å². The van der Waals surface area contributed by atoms with Gasteiger partial charge in [0.1, 0.15) is 17.2 Å². The summed E-state index contributed by atoms with van der Waals surface area (Å²) < 4.78 is 13.3. The fraction of sp³-hybridized carbons (Fsp3) is 0.333. The van der Waals surface area contributed by atoms with Gasteiger partial charge in [-0.2, -0.15) is 15.0 Å². The molecule has 28 heavy (non-hydrogen) atoms. The second-order valence-corrected chi connectivity index (χ2v) is 7.00. The van der Waals surface area contributed by atoms with Crippen LogP contribution in [0.1, 0.15) is 30.5 Å². The van der Waals surface area contributed by atoms with Gasteiger partial charge in [-0.3, -0.25) is 0 Å². The maximum Gasteiger partial charge on any atom is 0.124 e. The molecule has 0 aliphatic carbocycles. The molecule has 1 aromatic heterocycles. The Balaban J connectivity index is 1.75. The summed E-state index contributed by atoms with van der Waals surface area (Å²) in [5, 5.41) is 21.9. The fourth-order valence-electron chi connectivity index (χ4n) is 2.94. The summed E-state index contributed by atoms with van der Waals surface area (Å²) in [6.45, 7) is 2.05. The molecule has 3 aromatic rings. The first kappa shape index (κ1) is 20.5. The Bertz CT molecular complexity index is 885. The first-order valence-electron chi connectivity index (χ1n) is 9.42. The van der Waals surface area contributed by atoms with E-state index in [0.29, 0.717) is 18.1 Å². The minimum atomic E-state index is -0.363. The lowest BCUT2D eigenvalue weighted by Gasteiger charge is -2.04. The predicted octanol–water partition coefficient (Wildman–Crippen LogP) is 4.04. The number of nitrogens with one attached hydrogen (secondary N) is 1. The zero-order valence-electron chi connectivity index (χ0n) is 15.6. The largest absolute Gasteiger partial charge is 0.396 e. The van der Waals surface area contributed by atoms with Crippen molar-refractivity contribution in [1.82, 2.24) is 20.3 Å². The molecular formula is C21H24ClFN4O. The summed E-state index contributed by atoms with van der Waals surface area (Å²) in [5.74, 6) is -0.363. The molecule has 0 amide bonds. The molecule has 3 rings (SSSR count). The predicted molar refractivity (Wildman–Crippen MR) is 109 cm³/mol. The molecule has 0 saturated heterocycles. The van der Waals surface area contributed by atoms with Gasteiger partial charge >= 0.3 is 0 Å². The van der Waals surface area contributed by atoms with Gasteiger partial charge in [-0.05, 0) is 43.5 Å². The molecule has 0 bridgehead atoms. The van der Waals surface area contributed by atoms with Gasteiger partial charge in [0.25, 0.3) is 0 Å². The summed E-state index contributed by atoms with van der Waals surface area (Å²) in [5.41, 5.74) is 3.44. The average molecular weight is 403 g/mol. The van der Waals surface area contributed by atoms with Crippen LogP contribution in [0.5, 0.6) is 0 Å². The molecule has 2 N–H and O–H groups in total. The Kier molecular flexibility index (Phi) is 7.54. The molecule has 1 heterocycles. The molecule has 0 unspecified atom stereocenters. The van der Waals surface area contributed by atoms with Gasteiger partial charge in [0.05, 0.1) is 6.54 Å². The molecule has 7 heteroatoms. The van der Waals surface area contributed by atoms with Crippen molar-refractivity contribution in [3.8, 4) is 11.3 Å². The highest BCUT2D eigenvalue weighted by molar-refractivity contribution is 6.31. The van der Waals surface area contributed by atoms with Gasteiger partial charge in [-0.1, -0.05) is 48.0 Å². The molecular weight excluding hydrogens is 379 g/mol. The fourth-order valence-corrected chi connectivity index (χ4v) is 3.17. The van der Waals surface area contributed by atoms with E-state index < -0.39 is 0 Å². The van der Waals surface area contributed by atoms with Crippen molar-refractivity contribution in [2.75, 3.05) is 13.2 Å². The van der Waals surface area contributed by atoms with Crippen LogP contribution in [-0.2, 0) is 13.1 Å². The number of aliphatic hydroxyl groups excluding tert-OH is 1. The van der Waals surface area contributed by atoms with Gasteiger partial charge in [0.15, 0.2) is 0 Å². The SMILES string of the molecule is OCCCCCNCc1nn(Cc2ccc(F)cc2Cl)nc1-c1ccccc1. The van der Waals surface area contributed by atoms with Crippen LogP contribution in [0.25, 0.3) is 11.3 Å². The standard InChI is InChI=1S/C21H24ClFN4O/c22-19-13-18(23)10-9-17(19)15-27-25-20(14-24-11-5-2-6-12-28)21(26-27)16-7-3-1-4-8-16/h1,3-4,7-10,13,24,28H,2,5-6,11-12,14-15H2. The normalized spacial score (nSPS) is 11.1. The van der Waals surface area contributed by atoms with E-state index in [2.05, 4.69) is 15.5 Å². The van der Waals surface area contributed by atoms with Crippen LogP contribution in [0.2, 0.25) is 5.02 Å². The molecule has 0 spiro atoms. The molecule has 0 saturated carbocycles. The molecule has 148 valence electrons. The lowest BCUT2D eigenvalue weighted by Crippen LogP contribution is -2.16. The number of benzene rings is 2. The molecule has 0 atom stereocenters. The Morgan fingerprint density at radius 3 is 2.61 bits per heavy atom. The monoisotopic (exact) mass is 402 g/mol. The van der Waals surface area contributed by atoms with Crippen LogP contribution in [0, 0.1) is 5.82 Å². The molecule has 0 radical (unpaired) electrons. The van der Waals surface area contributed by atoms with Crippen molar-refractivity contribution in [2.45, 2.75) is 32.4 Å². The smallest absolute Gasteiger partial charge is 0.124 e. The summed E-state index contributed by atoms with van der Waals surface area (Å²) in [6, 6.07) is 14.3. The molecule has 0 aliphatic heterocycles. The number of hydrogen-bond acceptors (Lipinski definition) is 4. The third-order valence-electron chi connectivity index (χ3n) is 4.40.